The molecule has 0 aromatic carbocycles. The van der Waals surface area contributed by atoms with E-state index in [-0.39, 0.29) is 49.8 Å². The maximum Gasteiger partial charge on any atom is 0.290 e. The largest absolute Gasteiger partial charge is 0.483 e. The number of Topliss-reactive ketones (excluding diaryl/α,β-unsaturated/α-hetero) is 1. The Bertz CT molecular complexity index is 774. The maximum absolute atomic E-state index is 12.3. The van der Waals surface area contributed by atoms with E-state index in [1.807, 2.05) is 20.8 Å². The number of rotatable bonds is 24. The number of ketones is 1. The van der Waals surface area contributed by atoms with Crippen LogP contribution in [0.1, 0.15) is 66.2 Å². The molecule has 252 valence electrons. The van der Waals surface area contributed by atoms with Crippen LogP contribution in [0.3, 0.4) is 0 Å². The second-order valence-corrected chi connectivity index (χ2v) is 11.1. The lowest BCUT2D eigenvalue weighted by atomic mass is 9.91. The van der Waals surface area contributed by atoms with E-state index in [4.69, 9.17) is 28.8 Å². The molecule has 0 aliphatic carbocycles. The Morgan fingerprint density at radius 3 is 1.53 bits per heavy atom. The smallest absolute Gasteiger partial charge is 0.290 e. The second kappa shape index (κ2) is 27.0. The molecular formula is C30H57N3O10. The first-order valence-electron chi connectivity index (χ1n) is 15.0. The van der Waals surface area contributed by atoms with Crippen molar-refractivity contribution in [1.82, 2.24) is 14.7 Å². The molecule has 0 aromatic heterocycles. The number of carbonyl (C=O) groups is 5. The standard InChI is InChI=1S/C29H55N3O8.CH2O2/c1-8-9-10-12-26(34)30(5)14-11-13-27(35)31(6)15-17-37-20-22-40-24-28(36)32(7)16-18-38-19-21-39-23-25(33)29(2,3)4;2-1-3/h8-24H2,1-7H3;1H,(H,2,3). The van der Waals surface area contributed by atoms with Gasteiger partial charge in [0.1, 0.15) is 13.2 Å². The summed E-state index contributed by atoms with van der Waals surface area (Å²) in [6.07, 6.45) is 4.65. The first-order chi connectivity index (χ1) is 20.3. The number of nitrogens with zero attached hydrogens (tertiary/aromatic N) is 3. The van der Waals surface area contributed by atoms with E-state index in [0.29, 0.717) is 71.9 Å². The molecule has 43 heavy (non-hydrogen) atoms. The Hall–Kier alpha value is -2.61. The zero-order chi connectivity index (χ0) is 33.1. The molecule has 0 aromatic rings. The van der Waals surface area contributed by atoms with Gasteiger partial charge in [-0.05, 0) is 12.8 Å². The van der Waals surface area contributed by atoms with Crippen molar-refractivity contribution in [2.24, 2.45) is 5.41 Å². The predicted molar refractivity (Wildman–Crippen MR) is 163 cm³/mol. The molecular weight excluding hydrogens is 562 g/mol. The van der Waals surface area contributed by atoms with Gasteiger partial charge in [-0.25, -0.2) is 0 Å². The van der Waals surface area contributed by atoms with E-state index < -0.39 is 5.41 Å². The number of hydrogen-bond donors (Lipinski definition) is 1. The molecule has 0 unspecified atom stereocenters. The highest BCUT2D eigenvalue weighted by atomic mass is 16.5. The molecule has 13 nitrogen and oxygen atoms in total. The van der Waals surface area contributed by atoms with Crippen LogP contribution in [0, 0.1) is 5.41 Å². The molecule has 0 bridgehead atoms. The Kier molecular flexibility index (Phi) is 26.7. The van der Waals surface area contributed by atoms with Crippen LogP contribution in [0.5, 0.6) is 0 Å². The molecule has 0 fully saturated rings. The number of carbonyl (C=O) groups excluding carboxylic acids is 4. The molecule has 1 N–H and O–H groups in total. The minimum atomic E-state index is -0.412. The van der Waals surface area contributed by atoms with E-state index in [0.717, 1.165) is 19.3 Å². The summed E-state index contributed by atoms with van der Waals surface area (Å²) in [5.41, 5.74) is -0.412. The number of hydrogen-bond acceptors (Lipinski definition) is 9. The first kappa shape index (κ1) is 42.5. The SMILES string of the molecule is CCCCCC(=O)N(C)CCCC(=O)N(C)CCOCCOCC(=O)N(C)CCOCCOCC(=O)C(C)(C)C.O=CO. The Labute approximate surface area is 258 Å². The fourth-order valence-electron chi connectivity index (χ4n) is 3.24. The molecule has 0 spiro atoms. The summed E-state index contributed by atoms with van der Waals surface area (Å²) < 4.78 is 21.7. The third kappa shape index (κ3) is 25.6. The molecule has 0 radical (unpaired) electrons. The van der Waals surface area contributed by atoms with Gasteiger partial charge in [-0.1, -0.05) is 40.5 Å². The van der Waals surface area contributed by atoms with Gasteiger partial charge in [0.15, 0.2) is 5.78 Å². The first-order valence-corrected chi connectivity index (χ1v) is 15.0. The van der Waals surface area contributed by atoms with Gasteiger partial charge < -0.3 is 38.8 Å². The highest BCUT2D eigenvalue weighted by Gasteiger charge is 2.20. The molecule has 0 aliphatic heterocycles. The topological polar surface area (TPSA) is 152 Å². The zero-order valence-corrected chi connectivity index (χ0v) is 27.6. The van der Waals surface area contributed by atoms with Crippen molar-refractivity contribution >= 4 is 30.0 Å². The number of carboxylic acid groups (broad SMARTS) is 1. The number of ether oxygens (including phenoxy) is 4. The van der Waals surface area contributed by atoms with Crippen molar-refractivity contribution in [3.05, 3.63) is 0 Å². The van der Waals surface area contributed by atoms with Crippen LogP contribution in [0.25, 0.3) is 0 Å². The van der Waals surface area contributed by atoms with Gasteiger partial charge in [-0.15, -0.1) is 0 Å². The predicted octanol–water partition coefficient (Wildman–Crippen LogP) is 2.10. The van der Waals surface area contributed by atoms with Gasteiger partial charge in [0.05, 0.1) is 39.6 Å². The van der Waals surface area contributed by atoms with Crippen molar-refractivity contribution in [3.63, 3.8) is 0 Å². The number of amides is 3. The monoisotopic (exact) mass is 619 g/mol. The molecule has 0 rings (SSSR count). The maximum atomic E-state index is 12.3. The molecule has 0 saturated heterocycles. The van der Waals surface area contributed by atoms with Crippen molar-refractivity contribution in [3.8, 4) is 0 Å². The van der Waals surface area contributed by atoms with E-state index in [2.05, 4.69) is 6.92 Å². The Morgan fingerprint density at radius 2 is 1.05 bits per heavy atom. The van der Waals surface area contributed by atoms with Crippen LogP contribution < -0.4 is 0 Å². The summed E-state index contributed by atoms with van der Waals surface area (Å²) in [6, 6.07) is 0. The van der Waals surface area contributed by atoms with Crippen LogP contribution in [0.15, 0.2) is 0 Å². The fourth-order valence-corrected chi connectivity index (χ4v) is 3.24. The van der Waals surface area contributed by atoms with E-state index >= 15 is 0 Å². The highest BCUT2D eigenvalue weighted by Crippen LogP contribution is 2.14. The lowest BCUT2D eigenvalue weighted by molar-refractivity contribution is -0.136. The van der Waals surface area contributed by atoms with Crippen molar-refractivity contribution < 1.29 is 48.0 Å². The van der Waals surface area contributed by atoms with Gasteiger partial charge in [-0.2, -0.15) is 0 Å². The van der Waals surface area contributed by atoms with Crippen LogP contribution in [0.2, 0.25) is 0 Å². The van der Waals surface area contributed by atoms with E-state index in [1.54, 1.807) is 30.9 Å². The summed E-state index contributed by atoms with van der Waals surface area (Å²) in [6.45, 7) is 10.9. The lowest BCUT2D eigenvalue weighted by Gasteiger charge is -2.20. The summed E-state index contributed by atoms with van der Waals surface area (Å²) in [5.74, 6) is 0.0432. The Morgan fingerprint density at radius 1 is 0.628 bits per heavy atom. The summed E-state index contributed by atoms with van der Waals surface area (Å²) >= 11 is 0. The zero-order valence-electron chi connectivity index (χ0n) is 27.6. The summed E-state index contributed by atoms with van der Waals surface area (Å²) in [5, 5.41) is 6.89. The summed E-state index contributed by atoms with van der Waals surface area (Å²) in [4.78, 5) is 61.4. The third-order valence-corrected chi connectivity index (χ3v) is 6.34. The normalized spacial score (nSPS) is 10.9. The van der Waals surface area contributed by atoms with Crippen molar-refractivity contribution in [2.75, 3.05) is 93.6 Å². The molecule has 13 heteroatoms. The van der Waals surface area contributed by atoms with Crippen LogP contribution in [-0.4, -0.2) is 143 Å². The molecule has 0 aliphatic rings. The number of likely N-dealkylation sites (N-methyl/N-ethyl adjacent to an activating group) is 2. The summed E-state index contributed by atoms with van der Waals surface area (Å²) in [7, 11) is 5.21. The Balaban J connectivity index is 0. The quantitative estimate of drug-likeness (QED) is 0.126. The van der Waals surface area contributed by atoms with Gasteiger partial charge >= 0.3 is 0 Å². The third-order valence-electron chi connectivity index (χ3n) is 6.34. The average Bonchev–Trinajstić information content (AvgIpc) is 2.95. The van der Waals surface area contributed by atoms with Gasteiger partial charge in [0.2, 0.25) is 17.7 Å². The van der Waals surface area contributed by atoms with Crippen LogP contribution >= 0.6 is 0 Å². The minimum Gasteiger partial charge on any atom is -0.483 e. The van der Waals surface area contributed by atoms with Crippen LogP contribution in [0.4, 0.5) is 0 Å². The van der Waals surface area contributed by atoms with Crippen LogP contribution in [-0.2, 0) is 42.9 Å². The fraction of sp³-hybridized carbons (Fsp3) is 0.833. The van der Waals surface area contributed by atoms with Gasteiger partial charge in [0.25, 0.3) is 6.47 Å². The van der Waals surface area contributed by atoms with Gasteiger partial charge in [-0.3, -0.25) is 24.0 Å². The molecule has 3 amide bonds. The van der Waals surface area contributed by atoms with Crippen molar-refractivity contribution in [1.29, 1.82) is 0 Å². The second-order valence-electron chi connectivity index (χ2n) is 11.1. The van der Waals surface area contributed by atoms with Crippen molar-refractivity contribution in [2.45, 2.75) is 66.2 Å². The molecule has 0 atom stereocenters. The minimum absolute atomic E-state index is 0.0208. The highest BCUT2D eigenvalue weighted by molar-refractivity contribution is 5.84. The lowest BCUT2D eigenvalue weighted by Crippen LogP contribution is -2.34. The van der Waals surface area contributed by atoms with E-state index in [9.17, 15) is 19.2 Å². The van der Waals surface area contributed by atoms with E-state index in [1.165, 1.54) is 4.90 Å². The van der Waals surface area contributed by atoms with Gasteiger partial charge in [0, 0.05) is 59.0 Å². The number of unbranched alkanes of at least 4 members (excludes halogenated alkanes) is 2. The average molecular weight is 620 g/mol. The molecule has 0 saturated carbocycles. The molecule has 0 heterocycles.